The van der Waals surface area contributed by atoms with E-state index in [1.807, 2.05) is 14.0 Å². The molecule has 0 spiro atoms. The molecule has 1 aliphatic rings. The van der Waals surface area contributed by atoms with Crippen molar-refractivity contribution in [3.63, 3.8) is 0 Å². The summed E-state index contributed by atoms with van der Waals surface area (Å²) in [5, 5.41) is 6.12. The summed E-state index contributed by atoms with van der Waals surface area (Å²) in [5.74, 6) is 1.45. The molecule has 1 amide bonds. The van der Waals surface area contributed by atoms with Gasteiger partial charge in [0, 0.05) is 43.9 Å². The van der Waals surface area contributed by atoms with Gasteiger partial charge in [0.05, 0.1) is 7.11 Å². The van der Waals surface area contributed by atoms with E-state index in [9.17, 15) is 4.79 Å². The van der Waals surface area contributed by atoms with Gasteiger partial charge in [-0.3, -0.25) is 4.79 Å². The number of anilines is 1. The highest BCUT2D eigenvalue weighted by Gasteiger charge is 2.26. The predicted molar refractivity (Wildman–Crippen MR) is 85.1 cm³/mol. The second-order valence-corrected chi connectivity index (χ2v) is 5.60. The third kappa shape index (κ3) is 4.30. The first kappa shape index (κ1) is 16.5. The van der Waals surface area contributed by atoms with Crippen LogP contribution in [0.3, 0.4) is 0 Å². The number of hydrogen-bond donors (Lipinski definition) is 2. The average molecular weight is 307 g/mol. The minimum atomic E-state index is 0.0749. The zero-order valence-electron chi connectivity index (χ0n) is 13.5. The van der Waals surface area contributed by atoms with Crippen molar-refractivity contribution in [3.05, 3.63) is 12.3 Å². The molecule has 7 heteroatoms. The number of piperidine rings is 1. The number of nitrogens with one attached hydrogen (secondary N) is 2. The van der Waals surface area contributed by atoms with Crippen LogP contribution in [0.2, 0.25) is 0 Å². The monoisotopic (exact) mass is 307 g/mol. The largest absolute Gasteiger partial charge is 0.481 e. The number of methoxy groups -OCH3 is 1. The molecule has 0 aromatic carbocycles. The van der Waals surface area contributed by atoms with Crippen molar-refractivity contribution < 1.29 is 9.53 Å². The van der Waals surface area contributed by atoms with E-state index in [1.165, 1.54) is 0 Å². The summed E-state index contributed by atoms with van der Waals surface area (Å²) in [7, 11) is 3.48. The highest BCUT2D eigenvalue weighted by atomic mass is 16.5. The molecular formula is C15H25N5O2. The highest BCUT2D eigenvalue weighted by molar-refractivity contribution is 5.79. The van der Waals surface area contributed by atoms with Crippen LogP contribution in [0.5, 0.6) is 5.88 Å². The Morgan fingerprint density at radius 2 is 2.23 bits per heavy atom. The maximum atomic E-state index is 12.2. The second-order valence-electron chi connectivity index (χ2n) is 5.60. The lowest BCUT2D eigenvalue weighted by Crippen LogP contribution is -2.44. The Kier molecular flexibility index (Phi) is 5.94. The number of rotatable bonds is 6. The number of carbonyl (C=O) groups excluding carboxylic acids is 1. The molecule has 1 saturated heterocycles. The van der Waals surface area contributed by atoms with E-state index in [2.05, 4.69) is 25.5 Å². The SMILES string of the molecule is CNC(C)CNC(=O)C1CCN(c2nccc(OC)n2)CC1. The van der Waals surface area contributed by atoms with E-state index in [1.54, 1.807) is 19.4 Å². The van der Waals surface area contributed by atoms with E-state index >= 15 is 0 Å². The van der Waals surface area contributed by atoms with Crippen LogP contribution in [0.1, 0.15) is 19.8 Å². The third-order valence-electron chi connectivity index (χ3n) is 4.05. The number of nitrogens with zero attached hydrogens (tertiary/aromatic N) is 3. The molecule has 7 nitrogen and oxygen atoms in total. The highest BCUT2D eigenvalue weighted by Crippen LogP contribution is 2.21. The van der Waals surface area contributed by atoms with Crippen LogP contribution in [0.25, 0.3) is 0 Å². The molecule has 2 N–H and O–H groups in total. The van der Waals surface area contributed by atoms with Crippen LogP contribution in [0.4, 0.5) is 5.95 Å². The zero-order valence-corrected chi connectivity index (χ0v) is 13.5. The van der Waals surface area contributed by atoms with Crippen LogP contribution in [-0.4, -0.2) is 55.7 Å². The first-order valence-electron chi connectivity index (χ1n) is 7.71. The van der Waals surface area contributed by atoms with Gasteiger partial charge in [0.25, 0.3) is 0 Å². The van der Waals surface area contributed by atoms with E-state index in [0.29, 0.717) is 18.4 Å². The summed E-state index contributed by atoms with van der Waals surface area (Å²) in [5.41, 5.74) is 0. The average Bonchev–Trinajstić information content (AvgIpc) is 2.59. The normalized spacial score (nSPS) is 17.1. The summed E-state index contributed by atoms with van der Waals surface area (Å²) < 4.78 is 5.12. The first-order valence-corrected chi connectivity index (χ1v) is 7.71. The molecule has 0 radical (unpaired) electrons. The van der Waals surface area contributed by atoms with Gasteiger partial charge < -0.3 is 20.3 Å². The van der Waals surface area contributed by atoms with Crippen LogP contribution < -0.4 is 20.3 Å². The number of amides is 1. The van der Waals surface area contributed by atoms with E-state index in [-0.39, 0.29) is 17.9 Å². The number of aromatic nitrogens is 2. The molecule has 1 atom stereocenters. The van der Waals surface area contributed by atoms with E-state index in [4.69, 9.17) is 4.74 Å². The molecule has 2 heterocycles. The Hall–Kier alpha value is -1.89. The van der Waals surface area contributed by atoms with Gasteiger partial charge in [0.15, 0.2) is 0 Å². The molecular weight excluding hydrogens is 282 g/mol. The predicted octanol–water partition coefficient (Wildman–Crippen LogP) is 0.426. The Bertz CT molecular complexity index is 489. The minimum Gasteiger partial charge on any atom is -0.481 e. The van der Waals surface area contributed by atoms with Crippen molar-refractivity contribution in [2.45, 2.75) is 25.8 Å². The fourth-order valence-corrected chi connectivity index (χ4v) is 2.44. The molecule has 0 aliphatic carbocycles. The van der Waals surface area contributed by atoms with E-state index < -0.39 is 0 Å². The Balaban J connectivity index is 1.83. The molecule has 0 saturated carbocycles. The fraction of sp³-hybridized carbons (Fsp3) is 0.667. The van der Waals surface area contributed by atoms with Gasteiger partial charge in [-0.25, -0.2) is 4.98 Å². The van der Waals surface area contributed by atoms with Gasteiger partial charge in [0.2, 0.25) is 17.7 Å². The second kappa shape index (κ2) is 7.93. The van der Waals surface area contributed by atoms with Gasteiger partial charge in [-0.15, -0.1) is 0 Å². The molecule has 2 rings (SSSR count). The van der Waals surface area contributed by atoms with Gasteiger partial charge in [-0.05, 0) is 26.8 Å². The molecule has 0 bridgehead atoms. The Labute approximate surface area is 131 Å². The summed E-state index contributed by atoms with van der Waals surface area (Å²) in [6.07, 6.45) is 3.33. The first-order chi connectivity index (χ1) is 10.6. The lowest BCUT2D eigenvalue weighted by molar-refractivity contribution is -0.125. The van der Waals surface area contributed by atoms with E-state index in [0.717, 1.165) is 25.9 Å². The van der Waals surface area contributed by atoms with Crippen molar-refractivity contribution >= 4 is 11.9 Å². The van der Waals surface area contributed by atoms with Crippen molar-refractivity contribution in [3.8, 4) is 5.88 Å². The molecule has 1 unspecified atom stereocenters. The zero-order chi connectivity index (χ0) is 15.9. The van der Waals surface area contributed by atoms with Gasteiger partial charge in [0.1, 0.15) is 0 Å². The number of ether oxygens (including phenoxy) is 1. The van der Waals surface area contributed by atoms with Crippen molar-refractivity contribution in [1.82, 2.24) is 20.6 Å². The Morgan fingerprint density at radius 3 is 2.86 bits per heavy atom. The van der Waals surface area contributed by atoms with Crippen LogP contribution >= 0.6 is 0 Å². The number of likely N-dealkylation sites (N-methyl/N-ethyl adjacent to an activating group) is 1. The summed E-state index contributed by atoms with van der Waals surface area (Å²) in [4.78, 5) is 22.9. The maximum absolute atomic E-state index is 12.2. The standard InChI is InChI=1S/C15H25N5O2/c1-11(16-2)10-18-14(21)12-5-8-20(9-6-12)15-17-7-4-13(19-15)22-3/h4,7,11-12,16H,5-6,8-10H2,1-3H3,(H,18,21). The van der Waals surface area contributed by atoms with Crippen LogP contribution in [0.15, 0.2) is 12.3 Å². The van der Waals surface area contributed by atoms with Gasteiger partial charge in [-0.2, -0.15) is 4.98 Å². The van der Waals surface area contributed by atoms with Crippen molar-refractivity contribution in [1.29, 1.82) is 0 Å². The molecule has 1 aromatic rings. The van der Waals surface area contributed by atoms with Gasteiger partial charge >= 0.3 is 0 Å². The van der Waals surface area contributed by atoms with Crippen LogP contribution in [-0.2, 0) is 4.79 Å². The number of carbonyl (C=O) groups is 1. The van der Waals surface area contributed by atoms with Crippen molar-refractivity contribution in [2.75, 3.05) is 38.7 Å². The quantitative estimate of drug-likeness (QED) is 0.793. The maximum Gasteiger partial charge on any atom is 0.228 e. The topological polar surface area (TPSA) is 79.4 Å². The Morgan fingerprint density at radius 1 is 1.50 bits per heavy atom. The lowest BCUT2D eigenvalue weighted by Gasteiger charge is -2.31. The van der Waals surface area contributed by atoms with Crippen LogP contribution in [0, 0.1) is 5.92 Å². The van der Waals surface area contributed by atoms with Crippen molar-refractivity contribution in [2.24, 2.45) is 5.92 Å². The fourth-order valence-electron chi connectivity index (χ4n) is 2.44. The molecule has 1 aliphatic heterocycles. The summed E-state index contributed by atoms with van der Waals surface area (Å²) in [6.45, 7) is 4.28. The third-order valence-corrected chi connectivity index (χ3v) is 4.05. The molecule has 1 fully saturated rings. The summed E-state index contributed by atoms with van der Waals surface area (Å²) >= 11 is 0. The van der Waals surface area contributed by atoms with Gasteiger partial charge in [-0.1, -0.05) is 0 Å². The summed E-state index contributed by atoms with van der Waals surface area (Å²) in [6, 6.07) is 2.02. The number of hydrogen-bond acceptors (Lipinski definition) is 6. The molecule has 22 heavy (non-hydrogen) atoms. The minimum absolute atomic E-state index is 0.0749. The lowest BCUT2D eigenvalue weighted by atomic mass is 9.96. The molecule has 1 aromatic heterocycles. The molecule has 122 valence electrons. The smallest absolute Gasteiger partial charge is 0.228 e.